The second-order valence-corrected chi connectivity index (χ2v) is 14.2. The SMILES string of the molecule is CC(C)[Si](c1ccsc1)(c1ccccc1OS(=O)(=O)C(F)(F)F)C(C)C. The Morgan fingerprint density at radius 3 is 2.08 bits per heavy atom. The molecule has 0 radical (unpaired) electrons. The van der Waals surface area contributed by atoms with E-state index in [1.165, 1.54) is 23.5 Å². The Morgan fingerprint density at radius 1 is 1.04 bits per heavy atom. The minimum Gasteiger partial charge on any atom is -0.376 e. The molecule has 1 heterocycles. The summed E-state index contributed by atoms with van der Waals surface area (Å²) in [6, 6.07) is 8.17. The van der Waals surface area contributed by atoms with Crippen molar-refractivity contribution in [1.82, 2.24) is 0 Å². The number of halogens is 3. The molecule has 9 heteroatoms. The molecule has 144 valence electrons. The second-order valence-electron chi connectivity index (χ2n) is 6.67. The number of para-hydroxylation sites is 1. The highest BCUT2D eigenvalue weighted by Crippen LogP contribution is 2.36. The Labute approximate surface area is 157 Å². The quantitative estimate of drug-likeness (QED) is 0.395. The summed E-state index contributed by atoms with van der Waals surface area (Å²) >= 11 is 1.51. The van der Waals surface area contributed by atoms with Crippen LogP contribution in [0.4, 0.5) is 13.2 Å². The molecule has 1 aromatic heterocycles. The van der Waals surface area contributed by atoms with E-state index in [1.807, 2.05) is 44.5 Å². The number of rotatable bonds is 6. The fourth-order valence-corrected chi connectivity index (χ4v) is 11.3. The van der Waals surface area contributed by atoms with E-state index in [0.29, 0.717) is 5.19 Å². The molecule has 0 saturated heterocycles. The first kappa shape index (κ1) is 21.0. The minimum atomic E-state index is -5.73. The highest BCUT2D eigenvalue weighted by atomic mass is 32.2. The Balaban J connectivity index is 2.73. The molecule has 2 aromatic rings. The highest BCUT2D eigenvalue weighted by Gasteiger charge is 2.51. The zero-order valence-electron chi connectivity index (χ0n) is 14.9. The summed E-state index contributed by atoms with van der Waals surface area (Å²) in [6.45, 7) is 8.11. The fraction of sp³-hybridized carbons (Fsp3) is 0.412. The van der Waals surface area contributed by atoms with Gasteiger partial charge in [-0.1, -0.05) is 52.0 Å². The van der Waals surface area contributed by atoms with Crippen molar-refractivity contribution in [2.75, 3.05) is 0 Å². The van der Waals surface area contributed by atoms with Gasteiger partial charge >= 0.3 is 15.6 Å². The third-order valence-corrected chi connectivity index (χ3v) is 12.7. The van der Waals surface area contributed by atoms with Crippen molar-refractivity contribution in [2.24, 2.45) is 0 Å². The van der Waals surface area contributed by atoms with Crippen LogP contribution < -0.4 is 14.6 Å². The molecule has 0 aliphatic rings. The molecular weight excluding hydrogens is 401 g/mol. The Kier molecular flexibility index (Phi) is 5.94. The molecular formula is C17H21F3O3S2Si. The van der Waals surface area contributed by atoms with Crippen LogP contribution in [0.5, 0.6) is 5.75 Å². The minimum absolute atomic E-state index is 0.121. The van der Waals surface area contributed by atoms with E-state index in [2.05, 4.69) is 4.18 Å². The number of thiophene rings is 1. The van der Waals surface area contributed by atoms with E-state index >= 15 is 0 Å². The lowest BCUT2D eigenvalue weighted by Crippen LogP contribution is -2.62. The summed E-state index contributed by atoms with van der Waals surface area (Å²) in [7, 11) is -8.33. The van der Waals surface area contributed by atoms with Crippen LogP contribution in [0.15, 0.2) is 41.1 Å². The monoisotopic (exact) mass is 422 g/mol. The van der Waals surface area contributed by atoms with Gasteiger partial charge in [-0.2, -0.15) is 32.9 Å². The number of benzene rings is 1. The molecule has 0 amide bonds. The van der Waals surface area contributed by atoms with Crippen molar-refractivity contribution in [3.05, 3.63) is 41.1 Å². The number of hydrogen-bond acceptors (Lipinski definition) is 4. The van der Waals surface area contributed by atoms with Crippen molar-refractivity contribution < 1.29 is 25.8 Å². The maximum atomic E-state index is 12.8. The first-order valence-corrected chi connectivity index (χ1v) is 12.6. The Bertz CT molecular complexity index is 836. The molecule has 0 fully saturated rings. The van der Waals surface area contributed by atoms with Crippen molar-refractivity contribution in [3.8, 4) is 5.75 Å². The summed E-state index contributed by atoms with van der Waals surface area (Å²) in [5.41, 5.74) is -5.23. The van der Waals surface area contributed by atoms with Gasteiger partial charge in [0.05, 0.1) is 0 Å². The van der Waals surface area contributed by atoms with Crippen LogP contribution in [0.2, 0.25) is 11.1 Å². The summed E-state index contributed by atoms with van der Waals surface area (Å²) in [4.78, 5) is 0. The molecule has 1 aromatic carbocycles. The molecule has 0 spiro atoms. The molecule has 26 heavy (non-hydrogen) atoms. The predicted molar refractivity (Wildman–Crippen MR) is 102 cm³/mol. The van der Waals surface area contributed by atoms with Crippen LogP contribution >= 0.6 is 11.3 Å². The molecule has 0 aliphatic heterocycles. The first-order valence-electron chi connectivity index (χ1n) is 8.07. The maximum absolute atomic E-state index is 12.8. The van der Waals surface area contributed by atoms with Crippen LogP contribution in [-0.4, -0.2) is 22.0 Å². The van der Waals surface area contributed by atoms with Gasteiger partial charge in [0.25, 0.3) is 0 Å². The van der Waals surface area contributed by atoms with Crippen LogP contribution in [-0.2, 0) is 10.1 Å². The number of alkyl halides is 3. The van der Waals surface area contributed by atoms with E-state index < -0.39 is 23.7 Å². The van der Waals surface area contributed by atoms with E-state index in [-0.39, 0.29) is 16.8 Å². The third kappa shape index (κ3) is 3.56. The van der Waals surface area contributed by atoms with Crippen molar-refractivity contribution in [3.63, 3.8) is 0 Å². The van der Waals surface area contributed by atoms with Gasteiger partial charge in [-0.25, -0.2) is 0 Å². The fourth-order valence-electron chi connectivity index (χ4n) is 3.66. The summed E-state index contributed by atoms with van der Waals surface area (Å²) in [6.07, 6.45) is 0. The average Bonchev–Trinajstić information content (AvgIpc) is 3.02. The Hall–Kier alpha value is -1.32. The normalized spacial score (nSPS) is 13.4. The lowest BCUT2D eigenvalue weighted by molar-refractivity contribution is -0.0499. The van der Waals surface area contributed by atoms with Gasteiger partial charge in [0.15, 0.2) is 0 Å². The average molecular weight is 423 g/mol. The standard InChI is InChI=1S/C17H21F3O3S2Si/c1-12(2)26(13(3)4,14-9-10-24-11-14)16-8-6-5-7-15(16)23-25(21,22)17(18,19)20/h5-13H,1-4H3. The van der Waals surface area contributed by atoms with E-state index in [0.717, 1.165) is 5.19 Å². The lowest BCUT2D eigenvalue weighted by Gasteiger charge is -2.40. The molecule has 0 N–H and O–H groups in total. The molecule has 0 bridgehead atoms. The summed E-state index contributed by atoms with van der Waals surface area (Å²) in [5.74, 6) is -0.231. The van der Waals surface area contributed by atoms with E-state index in [9.17, 15) is 21.6 Å². The van der Waals surface area contributed by atoms with Gasteiger partial charge in [-0.15, -0.1) is 0 Å². The summed E-state index contributed by atoms with van der Waals surface area (Å²) in [5, 5.41) is 5.56. The lowest BCUT2D eigenvalue weighted by atomic mass is 10.3. The Morgan fingerprint density at radius 2 is 1.62 bits per heavy atom. The molecule has 0 aliphatic carbocycles. The number of hydrogen-bond donors (Lipinski definition) is 0. The smallest absolute Gasteiger partial charge is 0.376 e. The topological polar surface area (TPSA) is 43.4 Å². The van der Waals surface area contributed by atoms with Gasteiger partial charge in [0.1, 0.15) is 13.8 Å². The molecule has 0 saturated carbocycles. The maximum Gasteiger partial charge on any atom is 0.534 e. The van der Waals surface area contributed by atoms with Gasteiger partial charge in [0.2, 0.25) is 0 Å². The van der Waals surface area contributed by atoms with E-state index in [4.69, 9.17) is 0 Å². The van der Waals surface area contributed by atoms with Gasteiger partial charge in [0, 0.05) is 0 Å². The second kappa shape index (κ2) is 7.36. The molecule has 3 nitrogen and oxygen atoms in total. The van der Waals surface area contributed by atoms with Crippen LogP contribution in [0.25, 0.3) is 0 Å². The first-order chi connectivity index (χ1) is 11.9. The van der Waals surface area contributed by atoms with Gasteiger partial charge < -0.3 is 4.18 Å². The highest BCUT2D eigenvalue weighted by molar-refractivity contribution is 7.88. The van der Waals surface area contributed by atoms with Gasteiger partial charge in [-0.3, -0.25) is 0 Å². The zero-order valence-corrected chi connectivity index (χ0v) is 17.5. The molecule has 0 atom stereocenters. The molecule has 0 unspecified atom stereocenters. The zero-order chi connectivity index (χ0) is 19.8. The van der Waals surface area contributed by atoms with Crippen LogP contribution in [0, 0.1) is 0 Å². The van der Waals surface area contributed by atoms with Gasteiger partial charge in [-0.05, 0) is 38.3 Å². The van der Waals surface area contributed by atoms with Crippen molar-refractivity contribution in [2.45, 2.75) is 44.3 Å². The van der Waals surface area contributed by atoms with E-state index in [1.54, 1.807) is 12.1 Å². The summed E-state index contributed by atoms with van der Waals surface area (Å²) < 4.78 is 66.3. The van der Waals surface area contributed by atoms with Crippen molar-refractivity contribution in [1.29, 1.82) is 0 Å². The van der Waals surface area contributed by atoms with Crippen LogP contribution in [0.3, 0.4) is 0 Å². The van der Waals surface area contributed by atoms with Crippen LogP contribution in [0.1, 0.15) is 27.7 Å². The third-order valence-electron chi connectivity index (χ3n) is 4.64. The molecule has 2 rings (SSSR count). The van der Waals surface area contributed by atoms with Crippen molar-refractivity contribution >= 4 is 39.9 Å². The predicted octanol–water partition coefficient (Wildman–Crippen LogP) is 4.36. The largest absolute Gasteiger partial charge is 0.534 e.